The van der Waals surface area contributed by atoms with Crippen LogP contribution in [0.5, 0.6) is 0 Å². The molecule has 1 saturated carbocycles. The molecule has 5 heteroatoms. The second-order valence-electron chi connectivity index (χ2n) is 5.57. The van der Waals surface area contributed by atoms with Gasteiger partial charge in [-0.1, -0.05) is 44.0 Å². The molecule has 3 N–H and O–H groups in total. The molecule has 0 aliphatic heterocycles. The molecule has 0 heterocycles. The van der Waals surface area contributed by atoms with Crippen LogP contribution in [0.3, 0.4) is 0 Å². The van der Waals surface area contributed by atoms with Gasteiger partial charge in [0.25, 0.3) is 0 Å². The molecule has 0 unspecified atom stereocenters. The number of aryl methyl sites for hydroxylation is 1. The van der Waals surface area contributed by atoms with Gasteiger partial charge in [0.15, 0.2) is 0 Å². The first-order valence-corrected chi connectivity index (χ1v) is 7.43. The number of amides is 2. The van der Waals surface area contributed by atoms with Gasteiger partial charge in [-0.25, -0.2) is 9.59 Å². The summed E-state index contributed by atoms with van der Waals surface area (Å²) in [4.78, 5) is 23.3. The Morgan fingerprint density at radius 3 is 2.24 bits per heavy atom. The van der Waals surface area contributed by atoms with Crippen molar-refractivity contribution in [3.63, 3.8) is 0 Å². The Hall–Kier alpha value is -2.04. The van der Waals surface area contributed by atoms with E-state index in [-0.39, 0.29) is 0 Å². The van der Waals surface area contributed by atoms with Crippen LogP contribution in [0.1, 0.15) is 43.7 Å². The number of carbonyl (C=O) groups excluding carboxylic acids is 1. The van der Waals surface area contributed by atoms with Gasteiger partial charge in [0.2, 0.25) is 0 Å². The topological polar surface area (TPSA) is 78.4 Å². The standard InChI is InChI=1S/C16H22N2O3/c1-2-12-5-7-13(8-6-12)11-17-15(21)18-16(14(19)20)9-3-4-10-16/h5-8H,2-4,9-11H2,1H3,(H,19,20)(H2,17,18,21). The minimum absolute atomic E-state index is 0.394. The summed E-state index contributed by atoms with van der Waals surface area (Å²) >= 11 is 0. The molecule has 2 rings (SSSR count). The average Bonchev–Trinajstić information content (AvgIpc) is 2.95. The first-order valence-electron chi connectivity index (χ1n) is 7.43. The fraction of sp³-hybridized carbons (Fsp3) is 0.500. The van der Waals surface area contributed by atoms with E-state index in [9.17, 15) is 14.7 Å². The summed E-state index contributed by atoms with van der Waals surface area (Å²) in [5, 5.41) is 14.7. The number of carboxylic acids is 1. The Kier molecular flexibility index (Phi) is 4.83. The third-order valence-corrected chi connectivity index (χ3v) is 4.10. The fourth-order valence-corrected chi connectivity index (χ4v) is 2.71. The van der Waals surface area contributed by atoms with Crippen molar-refractivity contribution in [3.8, 4) is 0 Å². The van der Waals surface area contributed by atoms with E-state index in [1.54, 1.807) is 0 Å². The summed E-state index contributed by atoms with van der Waals surface area (Å²) in [6.07, 6.45) is 3.66. The van der Waals surface area contributed by atoms with Gasteiger partial charge in [-0.2, -0.15) is 0 Å². The lowest BCUT2D eigenvalue weighted by atomic mass is 9.98. The highest BCUT2D eigenvalue weighted by Crippen LogP contribution is 2.29. The minimum atomic E-state index is -1.09. The van der Waals surface area contributed by atoms with Crippen LogP contribution in [-0.2, 0) is 17.8 Å². The highest BCUT2D eigenvalue weighted by Gasteiger charge is 2.42. The Balaban J connectivity index is 1.87. The van der Waals surface area contributed by atoms with Crippen molar-refractivity contribution in [2.24, 2.45) is 0 Å². The smallest absolute Gasteiger partial charge is 0.329 e. The Labute approximate surface area is 124 Å². The lowest BCUT2D eigenvalue weighted by Crippen LogP contribution is -2.55. The van der Waals surface area contributed by atoms with E-state index in [0.717, 1.165) is 24.8 Å². The third kappa shape index (κ3) is 3.74. The number of carbonyl (C=O) groups is 2. The minimum Gasteiger partial charge on any atom is -0.480 e. The van der Waals surface area contributed by atoms with E-state index in [4.69, 9.17) is 0 Å². The summed E-state index contributed by atoms with van der Waals surface area (Å²) in [6, 6.07) is 7.59. The maximum absolute atomic E-state index is 11.9. The van der Waals surface area contributed by atoms with Crippen molar-refractivity contribution in [2.75, 3.05) is 0 Å². The Bertz CT molecular complexity index is 505. The van der Waals surface area contributed by atoms with Crippen molar-refractivity contribution >= 4 is 12.0 Å². The van der Waals surface area contributed by atoms with Gasteiger partial charge in [-0.15, -0.1) is 0 Å². The molecule has 1 aliphatic rings. The van der Waals surface area contributed by atoms with Gasteiger partial charge in [-0.3, -0.25) is 0 Å². The van der Waals surface area contributed by atoms with Crippen LogP contribution >= 0.6 is 0 Å². The number of carboxylic acid groups (broad SMARTS) is 1. The fourth-order valence-electron chi connectivity index (χ4n) is 2.71. The van der Waals surface area contributed by atoms with E-state index in [0.29, 0.717) is 19.4 Å². The van der Waals surface area contributed by atoms with Crippen LogP contribution in [0.15, 0.2) is 24.3 Å². The van der Waals surface area contributed by atoms with E-state index in [1.807, 2.05) is 24.3 Å². The molecule has 1 fully saturated rings. The molecule has 0 aromatic heterocycles. The van der Waals surface area contributed by atoms with Crippen molar-refractivity contribution in [3.05, 3.63) is 35.4 Å². The first kappa shape index (κ1) is 15.4. The van der Waals surface area contributed by atoms with Gasteiger partial charge in [-0.05, 0) is 30.4 Å². The quantitative estimate of drug-likeness (QED) is 0.779. The predicted octanol–water partition coefficient (Wildman–Crippen LogP) is 2.45. The largest absolute Gasteiger partial charge is 0.480 e. The van der Waals surface area contributed by atoms with E-state index in [1.165, 1.54) is 5.56 Å². The summed E-state index contributed by atoms with van der Waals surface area (Å²) in [5.74, 6) is -0.942. The lowest BCUT2D eigenvalue weighted by molar-refractivity contribution is -0.144. The molecule has 114 valence electrons. The molecule has 0 atom stereocenters. The molecule has 1 aliphatic carbocycles. The number of nitrogens with one attached hydrogen (secondary N) is 2. The highest BCUT2D eigenvalue weighted by molar-refractivity contribution is 5.86. The molecular weight excluding hydrogens is 268 g/mol. The molecule has 5 nitrogen and oxygen atoms in total. The molecule has 2 amide bonds. The second kappa shape index (κ2) is 6.61. The van der Waals surface area contributed by atoms with Gasteiger partial charge >= 0.3 is 12.0 Å². The van der Waals surface area contributed by atoms with Gasteiger partial charge in [0.1, 0.15) is 5.54 Å². The normalized spacial score (nSPS) is 16.4. The monoisotopic (exact) mass is 290 g/mol. The van der Waals surface area contributed by atoms with E-state index in [2.05, 4.69) is 17.6 Å². The van der Waals surface area contributed by atoms with Gasteiger partial charge < -0.3 is 15.7 Å². The molecular formula is C16H22N2O3. The summed E-state index contributed by atoms with van der Waals surface area (Å²) in [6.45, 7) is 2.49. The summed E-state index contributed by atoms with van der Waals surface area (Å²) in [7, 11) is 0. The molecule has 0 saturated heterocycles. The van der Waals surface area contributed by atoms with Crippen LogP contribution in [-0.4, -0.2) is 22.6 Å². The first-order chi connectivity index (χ1) is 10.1. The molecule has 0 bridgehead atoms. The van der Waals surface area contributed by atoms with E-state index < -0.39 is 17.5 Å². The molecule has 21 heavy (non-hydrogen) atoms. The predicted molar refractivity (Wildman–Crippen MR) is 80.0 cm³/mol. The lowest BCUT2D eigenvalue weighted by Gasteiger charge is -2.25. The Morgan fingerprint density at radius 1 is 1.14 bits per heavy atom. The third-order valence-electron chi connectivity index (χ3n) is 4.10. The SMILES string of the molecule is CCc1ccc(CNC(=O)NC2(C(=O)O)CCCC2)cc1. The van der Waals surface area contributed by atoms with Gasteiger partial charge in [0, 0.05) is 6.54 Å². The van der Waals surface area contributed by atoms with Crippen molar-refractivity contribution in [1.82, 2.24) is 10.6 Å². The maximum Gasteiger partial charge on any atom is 0.329 e. The number of benzene rings is 1. The van der Waals surface area contributed by atoms with Crippen LogP contribution in [0.25, 0.3) is 0 Å². The van der Waals surface area contributed by atoms with Crippen molar-refractivity contribution < 1.29 is 14.7 Å². The molecule has 1 aromatic rings. The Morgan fingerprint density at radius 2 is 1.71 bits per heavy atom. The van der Waals surface area contributed by atoms with Crippen LogP contribution in [0.2, 0.25) is 0 Å². The molecule has 0 radical (unpaired) electrons. The average molecular weight is 290 g/mol. The van der Waals surface area contributed by atoms with E-state index >= 15 is 0 Å². The summed E-state index contributed by atoms with van der Waals surface area (Å²) in [5.41, 5.74) is 1.16. The highest BCUT2D eigenvalue weighted by atomic mass is 16.4. The zero-order valence-corrected chi connectivity index (χ0v) is 12.3. The zero-order valence-electron chi connectivity index (χ0n) is 12.3. The number of aliphatic carboxylic acids is 1. The zero-order chi connectivity index (χ0) is 15.3. The molecule has 0 spiro atoms. The number of hydrogen-bond acceptors (Lipinski definition) is 2. The number of hydrogen-bond donors (Lipinski definition) is 3. The van der Waals surface area contributed by atoms with Crippen LogP contribution in [0.4, 0.5) is 4.79 Å². The van der Waals surface area contributed by atoms with Crippen molar-refractivity contribution in [2.45, 2.75) is 51.1 Å². The van der Waals surface area contributed by atoms with Crippen molar-refractivity contribution in [1.29, 1.82) is 0 Å². The second-order valence-corrected chi connectivity index (χ2v) is 5.57. The van der Waals surface area contributed by atoms with Crippen LogP contribution in [0, 0.1) is 0 Å². The maximum atomic E-state index is 11.9. The van der Waals surface area contributed by atoms with Gasteiger partial charge in [0.05, 0.1) is 0 Å². The number of urea groups is 1. The molecule has 1 aromatic carbocycles. The number of rotatable bonds is 5. The summed E-state index contributed by atoms with van der Waals surface area (Å²) < 4.78 is 0. The van der Waals surface area contributed by atoms with Crippen LogP contribution < -0.4 is 10.6 Å².